The third-order valence-corrected chi connectivity index (χ3v) is 5.36. The largest absolute Gasteiger partial charge is 0.481 e. The van der Waals surface area contributed by atoms with E-state index in [-0.39, 0.29) is 16.5 Å². The zero-order valence-corrected chi connectivity index (χ0v) is 16.7. The topological polar surface area (TPSA) is 108 Å². The highest BCUT2D eigenvalue weighted by atomic mass is 35.5. The van der Waals surface area contributed by atoms with Crippen LogP contribution < -0.4 is 10.6 Å². The van der Waals surface area contributed by atoms with Gasteiger partial charge in [-0.2, -0.15) is 0 Å². The molecule has 2 amide bonds. The van der Waals surface area contributed by atoms with Gasteiger partial charge in [-0.1, -0.05) is 30.5 Å². The molecule has 0 aliphatic heterocycles. The summed E-state index contributed by atoms with van der Waals surface area (Å²) in [5.74, 6) is -2.65. The van der Waals surface area contributed by atoms with Gasteiger partial charge in [0, 0.05) is 11.4 Å². The Balaban J connectivity index is 1.75. The van der Waals surface area contributed by atoms with E-state index in [1.54, 1.807) is 18.2 Å². The minimum atomic E-state index is -0.952. The number of hydrogen-bond acceptors (Lipinski definition) is 4. The number of nitrogens with one attached hydrogen (secondary N) is 2. The van der Waals surface area contributed by atoms with Crippen LogP contribution in [0.3, 0.4) is 0 Å². The smallest absolute Gasteiger partial charge is 0.307 e. The van der Waals surface area contributed by atoms with Crippen LogP contribution >= 0.6 is 11.6 Å². The summed E-state index contributed by atoms with van der Waals surface area (Å²) in [6, 6.07) is 9.84. The molecule has 1 saturated carbocycles. The summed E-state index contributed by atoms with van der Waals surface area (Å²) >= 11 is 6.17. The number of benzene rings is 1. The number of aryl methyl sites for hydroxylation is 1. The maximum Gasteiger partial charge on any atom is 0.307 e. The number of carbonyl (C=O) groups excluding carboxylic acids is 2. The van der Waals surface area contributed by atoms with Crippen LogP contribution in [-0.4, -0.2) is 27.9 Å². The Labute approximate surface area is 173 Å². The number of anilines is 2. The number of amides is 2. The number of carboxylic acid groups (broad SMARTS) is 1. The molecule has 1 aromatic carbocycles. The lowest BCUT2D eigenvalue weighted by molar-refractivity contribution is -0.147. The van der Waals surface area contributed by atoms with Gasteiger partial charge in [-0.3, -0.25) is 14.4 Å². The van der Waals surface area contributed by atoms with Gasteiger partial charge in [0.25, 0.3) is 5.91 Å². The van der Waals surface area contributed by atoms with Gasteiger partial charge in [0.1, 0.15) is 5.82 Å². The van der Waals surface area contributed by atoms with Gasteiger partial charge < -0.3 is 15.7 Å². The molecule has 0 saturated heterocycles. The summed E-state index contributed by atoms with van der Waals surface area (Å²) < 4.78 is 0. The molecule has 0 spiro atoms. The molecule has 1 heterocycles. The lowest BCUT2D eigenvalue weighted by Gasteiger charge is -2.27. The van der Waals surface area contributed by atoms with Crippen LogP contribution in [0.5, 0.6) is 0 Å². The minimum absolute atomic E-state index is 0.186. The van der Waals surface area contributed by atoms with Crippen LogP contribution in [0.1, 0.15) is 41.7 Å². The molecule has 1 aliphatic carbocycles. The average molecular weight is 416 g/mol. The molecule has 29 heavy (non-hydrogen) atoms. The third-order valence-electron chi connectivity index (χ3n) is 5.03. The Morgan fingerprint density at radius 2 is 1.79 bits per heavy atom. The van der Waals surface area contributed by atoms with Crippen molar-refractivity contribution in [3.63, 3.8) is 0 Å². The second-order valence-corrected chi connectivity index (χ2v) is 7.55. The zero-order chi connectivity index (χ0) is 21.0. The van der Waals surface area contributed by atoms with Crippen molar-refractivity contribution in [3.05, 3.63) is 52.7 Å². The molecule has 0 bridgehead atoms. The van der Waals surface area contributed by atoms with Crippen molar-refractivity contribution < 1.29 is 19.5 Å². The predicted octanol–water partition coefficient (Wildman–Crippen LogP) is 4.13. The third kappa shape index (κ3) is 5.12. The zero-order valence-electron chi connectivity index (χ0n) is 15.9. The average Bonchev–Trinajstić information content (AvgIpc) is 2.69. The lowest BCUT2D eigenvalue weighted by atomic mass is 9.78. The number of carbonyl (C=O) groups is 3. The first-order valence-corrected chi connectivity index (χ1v) is 9.81. The minimum Gasteiger partial charge on any atom is -0.481 e. The van der Waals surface area contributed by atoms with E-state index >= 15 is 0 Å². The molecule has 1 aliphatic rings. The Morgan fingerprint density at radius 3 is 2.48 bits per heavy atom. The van der Waals surface area contributed by atoms with Gasteiger partial charge in [0.2, 0.25) is 5.91 Å². The monoisotopic (exact) mass is 415 g/mol. The van der Waals surface area contributed by atoms with Gasteiger partial charge in [0.15, 0.2) is 0 Å². The molecule has 3 rings (SSSR count). The van der Waals surface area contributed by atoms with Crippen LogP contribution in [0.15, 0.2) is 36.4 Å². The molecule has 0 unspecified atom stereocenters. The molecule has 7 nitrogen and oxygen atoms in total. The van der Waals surface area contributed by atoms with Gasteiger partial charge >= 0.3 is 5.97 Å². The first kappa shape index (κ1) is 20.8. The van der Waals surface area contributed by atoms with Crippen LogP contribution in [0.4, 0.5) is 11.5 Å². The normalized spacial score (nSPS) is 18.7. The molecule has 2 atom stereocenters. The first-order chi connectivity index (χ1) is 13.8. The number of halogens is 1. The van der Waals surface area contributed by atoms with E-state index in [9.17, 15) is 19.5 Å². The summed E-state index contributed by atoms with van der Waals surface area (Å²) in [6.07, 6.45) is 2.65. The second-order valence-electron chi connectivity index (χ2n) is 7.14. The van der Waals surface area contributed by atoms with E-state index in [2.05, 4.69) is 15.6 Å². The SMILES string of the molecule is Cc1cccc(NC(=O)c2cc(NC(=O)[C@H]3CCCC[C@@H]3C(=O)O)ccc2Cl)n1. The quantitative estimate of drug-likeness (QED) is 0.680. The highest BCUT2D eigenvalue weighted by molar-refractivity contribution is 6.34. The molecule has 8 heteroatoms. The van der Waals surface area contributed by atoms with E-state index < -0.39 is 23.7 Å². The second kappa shape index (κ2) is 9.05. The molecule has 2 aromatic rings. The van der Waals surface area contributed by atoms with Crippen molar-refractivity contribution in [3.8, 4) is 0 Å². The van der Waals surface area contributed by atoms with Crippen molar-refractivity contribution in [2.45, 2.75) is 32.6 Å². The molecule has 3 N–H and O–H groups in total. The summed E-state index contributed by atoms with van der Waals surface area (Å²) in [5.41, 5.74) is 1.33. The van der Waals surface area contributed by atoms with Crippen molar-refractivity contribution >= 4 is 40.9 Å². The maximum absolute atomic E-state index is 12.7. The van der Waals surface area contributed by atoms with E-state index in [1.165, 1.54) is 12.1 Å². The van der Waals surface area contributed by atoms with E-state index in [1.807, 2.05) is 13.0 Å². The van der Waals surface area contributed by atoms with Crippen molar-refractivity contribution in [1.82, 2.24) is 4.98 Å². The van der Waals surface area contributed by atoms with Crippen LogP contribution in [0, 0.1) is 18.8 Å². The van der Waals surface area contributed by atoms with Crippen molar-refractivity contribution in [1.29, 1.82) is 0 Å². The molecule has 1 aromatic heterocycles. The fourth-order valence-electron chi connectivity index (χ4n) is 3.55. The van der Waals surface area contributed by atoms with Crippen molar-refractivity contribution in [2.75, 3.05) is 10.6 Å². The van der Waals surface area contributed by atoms with Gasteiger partial charge in [0.05, 0.1) is 22.4 Å². The fourth-order valence-corrected chi connectivity index (χ4v) is 3.75. The number of pyridine rings is 1. The standard InChI is InChI=1S/C21H22ClN3O4/c1-12-5-4-8-18(23-12)25-20(27)16-11-13(9-10-17(16)22)24-19(26)14-6-2-3-7-15(14)21(28)29/h4-5,8-11,14-15H,2-3,6-7H2,1H3,(H,24,26)(H,28,29)(H,23,25,27)/t14-,15-/m0/s1. The number of rotatable bonds is 5. The fraction of sp³-hybridized carbons (Fsp3) is 0.333. The molecule has 152 valence electrons. The van der Waals surface area contributed by atoms with Gasteiger partial charge in [-0.15, -0.1) is 0 Å². The molecule has 1 fully saturated rings. The van der Waals surface area contributed by atoms with E-state index in [0.29, 0.717) is 24.3 Å². The van der Waals surface area contributed by atoms with Crippen LogP contribution in [0.2, 0.25) is 5.02 Å². The van der Waals surface area contributed by atoms with Crippen LogP contribution in [-0.2, 0) is 9.59 Å². The maximum atomic E-state index is 12.7. The number of aromatic nitrogens is 1. The summed E-state index contributed by atoms with van der Waals surface area (Å²) in [7, 11) is 0. The lowest BCUT2D eigenvalue weighted by Crippen LogP contribution is -2.36. The number of hydrogen-bond donors (Lipinski definition) is 3. The Bertz CT molecular complexity index is 947. The summed E-state index contributed by atoms with van der Waals surface area (Å²) in [4.78, 5) is 40.9. The number of aliphatic carboxylic acids is 1. The summed E-state index contributed by atoms with van der Waals surface area (Å²) in [6.45, 7) is 1.81. The number of nitrogens with zero attached hydrogens (tertiary/aromatic N) is 1. The van der Waals surface area contributed by atoms with Crippen LogP contribution in [0.25, 0.3) is 0 Å². The molecule has 0 radical (unpaired) electrons. The first-order valence-electron chi connectivity index (χ1n) is 9.43. The highest BCUT2D eigenvalue weighted by Gasteiger charge is 2.35. The van der Waals surface area contributed by atoms with Gasteiger partial charge in [-0.05, 0) is 50.1 Å². The van der Waals surface area contributed by atoms with Gasteiger partial charge in [-0.25, -0.2) is 4.98 Å². The number of carboxylic acids is 1. The summed E-state index contributed by atoms with van der Waals surface area (Å²) in [5, 5.41) is 15.0. The predicted molar refractivity (Wildman–Crippen MR) is 110 cm³/mol. The Kier molecular flexibility index (Phi) is 6.49. The Morgan fingerprint density at radius 1 is 1.07 bits per heavy atom. The van der Waals surface area contributed by atoms with E-state index in [4.69, 9.17) is 11.6 Å². The Hall–Kier alpha value is -2.93. The van der Waals surface area contributed by atoms with Crippen molar-refractivity contribution in [2.24, 2.45) is 11.8 Å². The van der Waals surface area contributed by atoms with E-state index in [0.717, 1.165) is 18.5 Å². The highest BCUT2D eigenvalue weighted by Crippen LogP contribution is 2.31. The molecular formula is C21H22ClN3O4. The molecular weight excluding hydrogens is 394 g/mol.